The first-order valence-electron chi connectivity index (χ1n) is 5.74. The van der Waals surface area contributed by atoms with Crippen molar-refractivity contribution in [1.29, 1.82) is 0 Å². The topological polar surface area (TPSA) is 12.9 Å². The molecule has 0 spiro atoms. The fraction of sp³-hybridized carbons (Fsp3) is 0.133. The molecule has 0 saturated carbocycles. The molecular weight excluding hydrogens is 226 g/mol. The van der Waals surface area contributed by atoms with E-state index >= 15 is 0 Å². The fourth-order valence-electron chi connectivity index (χ4n) is 1.92. The second-order valence-corrected chi connectivity index (χ2v) is 5.20. The highest BCUT2D eigenvalue weighted by molar-refractivity contribution is 7.13. The first-order valence-corrected chi connectivity index (χ1v) is 6.55. The van der Waals surface area contributed by atoms with Gasteiger partial charge < -0.3 is 0 Å². The van der Waals surface area contributed by atoms with Gasteiger partial charge in [-0.05, 0) is 25.5 Å². The molecule has 1 aromatic carbocycles. The van der Waals surface area contributed by atoms with Crippen LogP contribution in [0.3, 0.4) is 0 Å². The highest BCUT2D eigenvalue weighted by Crippen LogP contribution is 2.19. The molecule has 2 heteroatoms. The molecule has 84 valence electrons. The minimum absolute atomic E-state index is 0.999. The summed E-state index contributed by atoms with van der Waals surface area (Å²) in [6, 6.07) is 8.52. The lowest BCUT2D eigenvalue weighted by molar-refractivity contribution is 1.31. The van der Waals surface area contributed by atoms with E-state index < -0.39 is 0 Å². The number of thiazole rings is 1. The third kappa shape index (κ3) is 2.08. The van der Waals surface area contributed by atoms with Crippen molar-refractivity contribution in [2.75, 3.05) is 0 Å². The Kier molecular flexibility index (Phi) is 2.65. The molecule has 0 saturated heterocycles. The summed E-state index contributed by atoms with van der Waals surface area (Å²) in [5.74, 6) is 0. The minimum atomic E-state index is 0.999. The Balaban J connectivity index is 2.18. The summed E-state index contributed by atoms with van der Waals surface area (Å²) in [5, 5.41) is 2.21. The summed E-state index contributed by atoms with van der Waals surface area (Å²) in [6.45, 7) is 2.11. The van der Waals surface area contributed by atoms with E-state index in [-0.39, 0.29) is 0 Å². The normalized spacial score (nSPS) is 13.5. The molecule has 1 nitrogen and oxygen atoms in total. The van der Waals surface area contributed by atoms with E-state index in [1.54, 1.807) is 11.3 Å². The average molecular weight is 239 g/mol. The summed E-state index contributed by atoms with van der Waals surface area (Å²) in [7, 11) is 0. The van der Waals surface area contributed by atoms with Crippen LogP contribution in [0.2, 0.25) is 0 Å². The molecule has 1 aromatic heterocycles. The van der Waals surface area contributed by atoms with Gasteiger partial charge in [-0.15, -0.1) is 11.3 Å². The van der Waals surface area contributed by atoms with Crippen LogP contribution in [0.25, 0.3) is 22.7 Å². The van der Waals surface area contributed by atoms with Crippen LogP contribution in [0.4, 0.5) is 0 Å². The van der Waals surface area contributed by atoms with Crippen LogP contribution >= 0.6 is 11.3 Å². The molecule has 2 aromatic rings. The number of allylic oxidation sites excluding steroid dienone is 2. The Morgan fingerprint density at radius 3 is 3.12 bits per heavy atom. The SMILES string of the molecule is Cc1cccc(-c2nc3c(s2)=CCC=CC=3)c1. The summed E-state index contributed by atoms with van der Waals surface area (Å²) >= 11 is 1.77. The second kappa shape index (κ2) is 4.30. The monoisotopic (exact) mass is 239 g/mol. The van der Waals surface area contributed by atoms with E-state index in [1.165, 1.54) is 15.7 Å². The van der Waals surface area contributed by atoms with Crippen LogP contribution < -0.4 is 9.88 Å². The first kappa shape index (κ1) is 10.5. The molecule has 1 aliphatic carbocycles. The van der Waals surface area contributed by atoms with Gasteiger partial charge in [-0.3, -0.25) is 0 Å². The van der Waals surface area contributed by atoms with E-state index in [2.05, 4.69) is 55.5 Å². The van der Waals surface area contributed by atoms with Crippen LogP contribution in [-0.2, 0) is 0 Å². The largest absolute Gasteiger partial charge is 0.236 e. The van der Waals surface area contributed by atoms with Crippen molar-refractivity contribution < 1.29 is 0 Å². The van der Waals surface area contributed by atoms with Crippen molar-refractivity contribution in [2.45, 2.75) is 13.3 Å². The Morgan fingerprint density at radius 2 is 2.24 bits per heavy atom. The number of aromatic nitrogens is 1. The summed E-state index contributed by atoms with van der Waals surface area (Å²) in [5.41, 5.74) is 2.50. The minimum Gasteiger partial charge on any atom is -0.236 e. The molecule has 0 fully saturated rings. The second-order valence-electron chi connectivity index (χ2n) is 4.17. The Bertz CT molecular complexity index is 692. The van der Waals surface area contributed by atoms with Crippen molar-refractivity contribution in [3.63, 3.8) is 0 Å². The smallest absolute Gasteiger partial charge is 0.124 e. The highest BCUT2D eigenvalue weighted by atomic mass is 32.1. The predicted molar refractivity (Wildman–Crippen MR) is 74.2 cm³/mol. The van der Waals surface area contributed by atoms with E-state index in [0.29, 0.717) is 0 Å². The fourth-order valence-corrected chi connectivity index (χ4v) is 2.92. The molecule has 1 aliphatic rings. The van der Waals surface area contributed by atoms with Gasteiger partial charge in [0.25, 0.3) is 0 Å². The maximum Gasteiger partial charge on any atom is 0.124 e. The van der Waals surface area contributed by atoms with Crippen molar-refractivity contribution in [1.82, 2.24) is 4.98 Å². The van der Waals surface area contributed by atoms with Crippen molar-refractivity contribution in [2.24, 2.45) is 0 Å². The Labute approximate surface area is 104 Å². The zero-order valence-corrected chi connectivity index (χ0v) is 10.5. The molecule has 0 radical (unpaired) electrons. The molecule has 0 bridgehead atoms. The van der Waals surface area contributed by atoms with E-state index in [1.807, 2.05) is 0 Å². The van der Waals surface area contributed by atoms with E-state index in [4.69, 9.17) is 4.98 Å². The maximum atomic E-state index is 4.70. The molecule has 0 atom stereocenters. The lowest BCUT2D eigenvalue weighted by Gasteiger charge is -1.96. The number of nitrogens with zero attached hydrogens (tertiary/aromatic N) is 1. The van der Waals surface area contributed by atoms with Gasteiger partial charge in [0.05, 0.1) is 9.88 Å². The van der Waals surface area contributed by atoms with E-state index in [0.717, 1.165) is 16.8 Å². The van der Waals surface area contributed by atoms with Crippen molar-refractivity contribution in [3.05, 3.63) is 51.9 Å². The zero-order valence-electron chi connectivity index (χ0n) is 9.68. The third-order valence-corrected chi connectivity index (χ3v) is 3.89. The van der Waals surface area contributed by atoms with Gasteiger partial charge >= 0.3 is 0 Å². The van der Waals surface area contributed by atoms with Crippen LogP contribution in [0, 0.1) is 6.92 Å². The Morgan fingerprint density at radius 1 is 1.29 bits per heavy atom. The van der Waals surface area contributed by atoms with Crippen molar-refractivity contribution >= 4 is 23.5 Å². The molecule has 0 unspecified atom stereocenters. The van der Waals surface area contributed by atoms with Gasteiger partial charge in [0, 0.05) is 5.56 Å². The van der Waals surface area contributed by atoms with E-state index in [9.17, 15) is 0 Å². The molecular formula is C15H13NS. The number of aryl methyl sites for hydroxylation is 1. The predicted octanol–water partition coefficient (Wildman–Crippen LogP) is 2.64. The molecule has 17 heavy (non-hydrogen) atoms. The summed E-state index contributed by atoms with van der Waals surface area (Å²) in [6.07, 6.45) is 9.57. The molecule has 0 aliphatic heterocycles. The van der Waals surface area contributed by atoms with Gasteiger partial charge in [0.1, 0.15) is 5.01 Å². The van der Waals surface area contributed by atoms with Gasteiger partial charge in [-0.25, -0.2) is 4.98 Å². The van der Waals surface area contributed by atoms with Gasteiger partial charge in [0.2, 0.25) is 0 Å². The average Bonchev–Trinajstić information content (AvgIpc) is 2.61. The van der Waals surface area contributed by atoms with Gasteiger partial charge in [0.15, 0.2) is 0 Å². The highest BCUT2D eigenvalue weighted by Gasteiger charge is 2.03. The lowest BCUT2D eigenvalue weighted by atomic mass is 10.1. The van der Waals surface area contributed by atoms with Gasteiger partial charge in [-0.1, -0.05) is 42.0 Å². The number of fused-ring (bicyclic) bond motifs is 1. The molecule has 1 heterocycles. The van der Waals surface area contributed by atoms with Crippen LogP contribution in [-0.4, -0.2) is 4.98 Å². The number of benzene rings is 1. The zero-order chi connectivity index (χ0) is 11.7. The van der Waals surface area contributed by atoms with Crippen LogP contribution in [0.15, 0.2) is 36.4 Å². The molecule has 0 amide bonds. The molecule has 3 rings (SSSR count). The first-order chi connectivity index (χ1) is 8.33. The number of hydrogen-bond donors (Lipinski definition) is 0. The number of rotatable bonds is 1. The maximum absolute atomic E-state index is 4.70. The van der Waals surface area contributed by atoms with Crippen molar-refractivity contribution in [3.8, 4) is 10.6 Å². The van der Waals surface area contributed by atoms with Crippen LogP contribution in [0.1, 0.15) is 12.0 Å². The Hall–Kier alpha value is -1.67. The lowest BCUT2D eigenvalue weighted by Crippen LogP contribution is -2.19. The number of hydrogen-bond acceptors (Lipinski definition) is 2. The summed E-state index contributed by atoms with van der Waals surface area (Å²) < 4.78 is 1.28. The van der Waals surface area contributed by atoms with Gasteiger partial charge in [-0.2, -0.15) is 0 Å². The third-order valence-electron chi connectivity index (χ3n) is 2.78. The molecule has 0 N–H and O–H groups in total. The van der Waals surface area contributed by atoms with Crippen LogP contribution in [0.5, 0.6) is 0 Å². The summed E-state index contributed by atoms with van der Waals surface area (Å²) in [4.78, 5) is 4.70. The standard InChI is InChI=1S/C15H13NS/c1-11-6-5-7-12(10-11)15-16-13-8-3-2-4-9-14(13)17-15/h2-3,5-10H,4H2,1H3. The quantitative estimate of drug-likeness (QED) is 0.745.